The van der Waals surface area contributed by atoms with Gasteiger partial charge in [-0.15, -0.1) is 0 Å². The number of nitrogens with one attached hydrogen (secondary N) is 1. The van der Waals surface area contributed by atoms with Crippen LogP contribution in [0.2, 0.25) is 0 Å². The summed E-state index contributed by atoms with van der Waals surface area (Å²) in [5, 5.41) is 9.08. The fourth-order valence-corrected chi connectivity index (χ4v) is 1.99. The Balaban J connectivity index is 2.70. The molecule has 0 saturated heterocycles. The molecule has 0 saturated carbocycles. The topological polar surface area (TPSA) is 75.1 Å². The standard InChI is InChI=1S/C13H16N2O3/c1-13(2,3)7-15-9-6-4-5-8(11(16)17)10(9)14-12(15)18/h4-6H,7H2,1-3H3,(H,14,18)(H,16,17). The van der Waals surface area contributed by atoms with Gasteiger partial charge in [-0.2, -0.15) is 0 Å². The van der Waals surface area contributed by atoms with E-state index in [1.807, 2.05) is 20.8 Å². The van der Waals surface area contributed by atoms with E-state index in [0.717, 1.165) is 0 Å². The van der Waals surface area contributed by atoms with Gasteiger partial charge in [0.15, 0.2) is 0 Å². The minimum Gasteiger partial charge on any atom is -0.478 e. The maximum absolute atomic E-state index is 11.9. The van der Waals surface area contributed by atoms with Crippen molar-refractivity contribution < 1.29 is 9.90 Å². The smallest absolute Gasteiger partial charge is 0.337 e. The van der Waals surface area contributed by atoms with Crippen LogP contribution in [0.25, 0.3) is 11.0 Å². The van der Waals surface area contributed by atoms with E-state index in [-0.39, 0.29) is 16.7 Å². The summed E-state index contributed by atoms with van der Waals surface area (Å²) < 4.78 is 1.59. The van der Waals surface area contributed by atoms with Gasteiger partial charge in [0.2, 0.25) is 0 Å². The third-order valence-corrected chi connectivity index (χ3v) is 2.67. The van der Waals surface area contributed by atoms with Gasteiger partial charge in [0, 0.05) is 6.54 Å². The van der Waals surface area contributed by atoms with Crippen LogP contribution in [0.1, 0.15) is 31.1 Å². The van der Waals surface area contributed by atoms with E-state index in [1.54, 1.807) is 16.7 Å². The van der Waals surface area contributed by atoms with Crippen molar-refractivity contribution in [3.8, 4) is 0 Å². The largest absolute Gasteiger partial charge is 0.478 e. The molecule has 2 aromatic rings. The second-order valence-corrected chi connectivity index (χ2v) is 5.58. The summed E-state index contributed by atoms with van der Waals surface area (Å²) in [4.78, 5) is 25.6. The molecule has 2 rings (SSSR count). The van der Waals surface area contributed by atoms with E-state index in [2.05, 4.69) is 4.98 Å². The van der Waals surface area contributed by atoms with Crippen molar-refractivity contribution in [2.45, 2.75) is 27.3 Å². The molecule has 5 heteroatoms. The number of carbonyl (C=O) groups is 1. The Morgan fingerprint density at radius 2 is 2.06 bits per heavy atom. The van der Waals surface area contributed by atoms with Crippen molar-refractivity contribution >= 4 is 17.0 Å². The normalized spacial score (nSPS) is 11.9. The highest BCUT2D eigenvalue weighted by Gasteiger charge is 2.18. The van der Waals surface area contributed by atoms with Gasteiger partial charge in [-0.05, 0) is 17.5 Å². The summed E-state index contributed by atoms with van der Waals surface area (Å²) in [6, 6.07) is 4.89. The lowest BCUT2D eigenvalue weighted by molar-refractivity contribution is 0.0699. The second kappa shape index (κ2) is 4.01. The molecule has 18 heavy (non-hydrogen) atoms. The van der Waals surface area contributed by atoms with Crippen LogP contribution in [0.5, 0.6) is 0 Å². The Morgan fingerprint density at radius 1 is 1.39 bits per heavy atom. The highest BCUT2D eigenvalue weighted by atomic mass is 16.4. The maximum atomic E-state index is 11.9. The van der Waals surface area contributed by atoms with Crippen LogP contribution in [0.4, 0.5) is 0 Å². The highest BCUT2D eigenvalue weighted by molar-refractivity contribution is 6.00. The number of hydrogen-bond donors (Lipinski definition) is 2. The molecule has 0 bridgehead atoms. The SMILES string of the molecule is CC(C)(C)Cn1c(=O)[nH]c2c(C(=O)O)cccc21. The molecule has 2 N–H and O–H groups in total. The monoisotopic (exact) mass is 248 g/mol. The third-order valence-electron chi connectivity index (χ3n) is 2.67. The van der Waals surface area contributed by atoms with E-state index < -0.39 is 5.97 Å². The molecule has 1 heterocycles. The molecule has 0 amide bonds. The predicted molar refractivity (Wildman–Crippen MR) is 69.0 cm³/mol. The summed E-state index contributed by atoms with van der Waals surface area (Å²) >= 11 is 0. The first-order valence-electron chi connectivity index (χ1n) is 5.74. The van der Waals surface area contributed by atoms with Crippen LogP contribution in [-0.2, 0) is 6.54 Å². The number of rotatable bonds is 2. The summed E-state index contributed by atoms with van der Waals surface area (Å²) in [5.41, 5.74) is 0.818. The van der Waals surface area contributed by atoms with Crippen molar-refractivity contribution in [1.82, 2.24) is 9.55 Å². The van der Waals surface area contributed by atoms with Crippen molar-refractivity contribution in [2.24, 2.45) is 5.41 Å². The Hall–Kier alpha value is -2.04. The van der Waals surface area contributed by atoms with E-state index in [4.69, 9.17) is 5.11 Å². The van der Waals surface area contributed by atoms with E-state index in [0.29, 0.717) is 17.6 Å². The molecule has 0 aliphatic heterocycles. The van der Waals surface area contributed by atoms with Gasteiger partial charge >= 0.3 is 11.7 Å². The number of hydrogen-bond acceptors (Lipinski definition) is 2. The first kappa shape index (κ1) is 12.4. The van der Waals surface area contributed by atoms with Crippen LogP contribution in [0.3, 0.4) is 0 Å². The van der Waals surface area contributed by atoms with Gasteiger partial charge in [0.05, 0.1) is 16.6 Å². The fraction of sp³-hybridized carbons (Fsp3) is 0.385. The first-order valence-corrected chi connectivity index (χ1v) is 5.74. The highest BCUT2D eigenvalue weighted by Crippen LogP contribution is 2.20. The van der Waals surface area contributed by atoms with E-state index >= 15 is 0 Å². The van der Waals surface area contributed by atoms with Gasteiger partial charge in [0.25, 0.3) is 0 Å². The lowest BCUT2D eigenvalue weighted by Gasteiger charge is -2.18. The van der Waals surface area contributed by atoms with Crippen molar-refractivity contribution in [3.63, 3.8) is 0 Å². The molecular weight excluding hydrogens is 232 g/mol. The molecule has 96 valence electrons. The lowest BCUT2D eigenvalue weighted by atomic mass is 9.97. The maximum Gasteiger partial charge on any atom is 0.337 e. The molecule has 1 aromatic heterocycles. The molecule has 0 unspecified atom stereocenters. The zero-order chi connectivity index (χ0) is 13.5. The number of imidazole rings is 1. The Kier molecular flexibility index (Phi) is 2.77. The molecule has 1 aromatic carbocycles. The van der Waals surface area contributed by atoms with Gasteiger partial charge < -0.3 is 10.1 Å². The molecule has 0 atom stereocenters. The van der Waals surface area contributed by atoms with Crippen molar-refractivity contribution in [3.05, 3.63) is 34.2 Å². The number of carboxylic acids is 1. The summed E-state index contributed by atoms with van der Waals surface area (Å²) in [7, 11) is 0. The van der Waals surface area contributed by atoms with Crippen LogP contribution in [0, 0.1) is 5.41 Å². The zero-order valence-electron chi connectivity index (χ0n) is 10.7. The van der Waals surface area contributed by atoms with Crippen LogP contribution < -0.4 is 5.69 Å². The van der Waals surface area contributed by atoms with Crippen LogP contribution in [-0.4, -0.2) is 20.6 Å². The number of carboxylic acid groups (broad SMARTS) is 1. The molecular formula is C13H16N2O3. The van der Waals surface area contributed by atoms with E-state index in [1.165, 1.54) is 6.07 Å². The Morgan fingerprint density at radius 3 is 2.61 bits per heavy atom. The summed E-state index contributed by atoms with van der Waals surface area (Å²) in [6.07, 6.45) is 0. The minimum absolute atomic E-state index is 0.0574. The number of nitrogens with zero attached hydrogens (tertiary/aromatic N) is 1. The second-order valence-electron chi connectivity index (χ2n) is 5.58. The number of aromatic carboxylic acids is 1. The average Bonchev–Trinajstić information content (AvgIpc) is 2.53. The minimum atomic E-state index is -1.04. The third kappa shape index (κ3) is 2.16. The molecule has 0 radical (unpaired) electrons. The number of H-pyrrole nitrogens is 1. The van der Waals surface area contributed by atoms with Crippen molar-refractivity contribution in [1.29, 1.82) is 0 Å². The summed E-state index contributed by atoms with van der Waals surface area (Å²) in [5.74, 6) is -1.04. The Labute approximate surface area is 104 Å². The number of aromatic amines is 1. The van der Waals surface area contributed by atoms with E-state index in [9.17, 15) is 9.59 Å². The van der Waals surface area contributed by atoms with Crippen LogP contribution in [0.15, 0.2) is 23.0 Å². The lowest BCUT2D eigenvalue weighted by Crippen LogP contribution is -2.24. The number of para-hydroxylation sites is 1. The number of benzene rings is 1. The first-order chi connectivity index (χ1) is 8.29. The van der Waals surface area contributed by atoms with Crippen molar-refractivity contribution in [2.75, 3.05) is 0 Å². The average molecular weight is 248 g/mol. The molecule has 5 nitrogen and oxygen atoms in total. The molecule has 0 aliphatic carbocycles. The van der Waals surface area contributed by atoms with Gasteiger partial charge in [-0.3, -0.25) is 4.57 Å². The quantitative estimate of drug-likeness (QED) is 0.854. The van der Waals surface area contributed by atoms with Crippen LogP contribution >= 0.6 is 0 Å². The fourth-order valence-electron chi connectivity index (χ4n) is 1.99. The van der Waals surface area contributed by atoms with Gasteiger partial charge in [-0.25, -0.2) is 9.59 Å². The predicted octanol–water partition coefficient (Wildman–Crippen LogP) is 2.07. The molecule has 0 aliphatic rings. The number of aromatic nitrogens is 2. The summed E-state index contributed by atoms with van der Waals surface area (Å²) in [6.45, 7) is 6.62. The zero-order valence-corrected chi connectivity index (χ0v) is 10.7. The number of fused-ring (bicyclic) bond motifs is 1. The molecule has 0 spiro atoms. The molecule has 0 fully saturated rings. The van der Waals surface area contributed by atoms with Gasteiger partial charge in [-0.1, -0.05) is 26.8 Å². The van der Waals surface area contributed by atoms with Gasteiger partial charge in [0.1, 0.15) is 0 Å². The Bertz CT molecular complexity index is 659.